The summed E-state index contributed by atoms with van der Waals surface area (Å²) in [5.74, 6) is 0.193. The number of carboxylic acid groups (broad SMARTS) is 1. The lowest BCUT2D eigenvalue weighted by Gasteiger charge is -2.41. The molecule has 2 fully saturated rings. The van der Waals surface area contributed by atoms with E-state index in [-0.39, 0.29) is 17.7 Å². The summed E-state index contributed by atoms with van der Waals surface area (Å²) in [6, 6.07) is 15.0. The summed E-state index contributed by atoms with van der Waals surface area (Å²) in [7, 11) is 0. The highest BCUT2D eigenvalue weighted by atomic mass is 16.5. The Labute approximate surface area is 169 Å². The number of carbonyl (C=O) groups is 2. The molecule has 0 aromatic heterocycles. The van der Waals surface area contributed by atoms with E-state index in [2.05, 4.69) is 11.4 Å². The van der Waals surface area contributed by atoms with E-state index < -0.39 is 17.8 Å². The van der Waals surface area contributed by atoms with E-state index in [1.165, 1.54) is 0 Å². The first-order chi connectivity index (χ1) is 14.0. The van der Waals surface area contributed by atoms with E-state index in [1.807, 2.05) is 37.3 Å². The highest BCUT2D eigenvalue weighted by Gasteiger charge is 2.62. The van der Waals surface area contributed by atoms with Crippen LogP contribution in [0.1, 0.15) is 12.0 Å². The van der Waals surface area contributed by atoms with Crippen molar-refractivity contribution in [1.29, 1.82) is 0 Å². The number of aryl methyl sites for hydroxylation is 1. The van der Waals surface area contributed by atoms with Gasteiger partial charge in [-0.1, -0.05) is 24.3 Å². The molecule has 5 heteroatoms. The Morgan fingerprint density at radius 1 is 0.966 bits per heavy atom. The van der Waals surface area contributed by atoms with Gasteiger partial charge in [-0.3, -0.25) is 9.59 Å². The van der Waals surface area contributed by atoms with Gasteiger partial charge in [0, 0.05) is 5.69 Å². The number of aliphatic carboxylic acids is 1. The summed E-state index contributed by atoms with van der Waals surface area (Å²) in [5.41, 5.74) is 1.77. The Kier molecular flexibility index (Phi) is 4.19. The van der Waals surface area contributed by atoms with Crippen LogP contribution in [0.2, 0.25) is 0 Å². The van der Waals surface area contributed by atoms with E-state index in [9.17, 15) is 14.7 Å². The van der Waals surface area contributed by atoms with Gasteiger partial charge in [0.05, 0.1) is 11.8 Å². The zero-order valence-corrected chi connectivity index (χ0v) is 16.1. The zero-order valence-electron chi connectivity index (χ0n) is 16.1. The number of benzene rings is 2. The third-order valence-electron chi connectivity index (χ3n) is 6.59. The topological polar surface area (TPSA) is 75.6 Å². The number of ether oxygens (including phenoxy) is 1. The third kappa shape index (κ3) is 3.20. The fourth-order valence-corrected chi connectivity index (χ4v) is 5.22. The molecule has 2 saturated carbocycles. The molecule has 0 saturated heterocycles. The van der Waals surface area contributed by atoms with Crippen LogP contribution in [0.25, 0.3) is 0 Å². The number of rotatable bonds is 5. The van der Waals surface area contributed by atoms with Gasteiger partial charge in [0.1, 0.15) is 11.5 Å². The molecule has 6 rings (SSSR count). The van der Waals surface area contributed by atoms with Crippen LogP contribution in [-0.2, 0) is 9.59 Å². The van der Waals surface area contributed by atoms with Crippen molar-refractivity contribution in [3.63, 3.8) is 0 Å². The highest BCUT2D eigenvalue weighted by Crippen LogP contribution is 2.63. The molecular weight excluding hydrogens is 366 g/mol. The van der Waals surface area contributed by atoms with Gasteiger partial charge in [-0.05, 0) is 79.0 Å². The zero-order chi connectivity index (χ0) is 20.1. The van der Waals surface area contributed by atoms with Crippen LogP contribution in [0, 0.1) is 42.4 Å². The number of carbonyl (C=O) groups excluding carboxylic acids is 1. The summed E-state index contributed by atoms with van der Waals surface area (Å²) >= 11 is 0. The molecule has 2 N–H and O–H groups in total. The van der Waals surface area contributed by atoms with Crippen molar-refractivity contribution >= 4 is 17.6 Å². The minimum atomic E-state index is -0.864. The number of fused-ring (bicyclic) bond motifs is 1. The number of hydrogen-bond acceptors (Lipinski definition) is 3. The normalized spacial score (nSPS) is 31.1. The lowest BCUT2D eigenvalue weighted by molar-refractivity contribution is -0.152. The largest absolute Gasteiger partial charge is 0.481 e. The molecule has 148 valence electrons. The van der Waals surface area contributed by atoms with E-state index in [0.717, 1.165) is 17.7 Å². The van der Waals surface area contributed by atoms with E-state index in [0.29, 0.717) is 23.3 Å². The SMILES string of the molecule is Cc1cccc(Oc2ccc(NC(=O)[C@@H]3[C@H]4C=C[C@H]([C@H]5C[C@H]45)[C@@H]3C(=O)O)cc2)c1. The van der Waals surface area contributed by atoms with Crippen molar-refractivity contribution in [3.8, 4) is 11.5 Å². The van der Waals surface area contributed by atoms with Crippen LogP contribution in [-0.4, -0.2) is 17.0 Å². The van der Waals surface area contributed by atoms with Crippen LogP contribution in [0.15, 0.2) is 60.7 Å². The molecule has 0 radical (unpaired) electrons. The molecule has 29 heavy (non-hydrogen) atoms. The van der Waals surface area contributed by atoms with Crippen molar-refractivity contribution in [2.75, 3.05) is 5.32 Å². The third-order valence-corrected chi connectivity index (χ3v) is 6.59. The minimum absolute atomic E-state index is 0.0108. The van der Waals surface area contributed by atoms with E-state index in [1.54, 1.807) is 24.3 Å². The van der Waals surface area contributed by atoms with Crippen molar-refractivity contribution < 1.29 is 19.4 Å². The Morgan fingerprint density at radius 2 is 1.66 bits per heavy atom. The first-order valence-electron chi connectivity index (χ1n) is 10.1. The molecule has 4 aliphatic rings. The lowest BCUT2D eigenvalue weighted by atomic mass is 9.62. The monoisotopic (exact) mass is 389 g/mol. The van der Waals surface area contributed by atoms with Gasteiger partial charge >= 0.3 is 5.97 Å². The van der Waals surface area contributed by atoms with Crippen LogP contribution >= 0.6 is 0 Å². The lowest BCUT2D eigenvalue weighted by Crippen LogP contribution is -2.48. The molecule has 2 aromatic carbocycles. The van der Waals surface area contributed by atoms with Crippen molar-refractivity contribution in [2.45, 2.75) is 13.3 Å². The molecular formula is C24H23NO4. The van der Waals surface area contributed by atoms with Crippen LogP contribution in [0.4, 0.5) is 5.69 Å². The Morgan fingerprint density at radius 3 is 2.31 bits per heavy atom. The van der Waals surface area contributed by atoms with Gasteiger partial charge in [-0.2, -0.15) is 0 Å². The van der Waals surface area contributed by atoms with E-state index in [4.69, 9.17) is 4.74 Å². The first kappa shape index (κ1) is 18.0. The molecule has 0 spiro atoms. The summed E-state index contributed by atoms with van der Waals surface area (Å²) in [6.45, 7) is 2.01. The summed E-state index contributed by atoms with van der Waals surface area (Å²) in [5, 5.41) is 12.7. The number of allylic oxidation sites excluding steroid dienone is 2. The second-order valence-corrected chi connectivity index (χ2v) is 8.43. The number of amides is 1. The fraction of sp³-hybridized carbons (Fsp3) is 0.333. The Balaban J connectivity index is 1.29. The van der Waals surface area contributed by atoms with Gasteiger partial charge in [-0.25, -0.2) is 0 Å². The van der Waals surface area contributed by atoms with Crippen LogP contribution in [0.5, 0.6) is 11.5 Å². The number of anilines is 1. The van der Waals surface area contributed by atoms with Gasteiger partial charge in [0.25, 0.3) is 0 Å². The molecule has 1 amide bonds. The predicted octanol–water partition coefficient (Wildman–Crippen LogP) is 4.49. The molecule has 0 unspecified atom stereocenters. The summed E-state index contributed by atoms with van der Waals surface area (Å²) in [4.78, 5) is 24.9. The maximum atomic E-state index is 13.0. The quantitative estimate of drug-likeness (QED) is 0.739. The summed E-state index contributed by atoms with van der Waals surface area (Å²) < 4.78 is 5.84. The predicted molar refractivity (Wildman–Crippen MR) is 109 cm³/mol. The molecule has 2 bridgehead atoms. The average Bonchev–Trinajstić information content (AvgIpc) is 3.51. The molecule has 2 aromatic rings. The maximum Gasteiger partial charge on any atom is 0.307 e. The van der Waals surface area contributed by atoms with Gasteiger partial charge in [-0.15, -0.1) is 0 Å². The molecule has 0 heterocycles. The smallest absolute Gasteiger partial charge is 0.307 e. The average molecular weight is 389 g/mol. The number of carboxylic acids is 1. The molecule has 0 aliphatic heterocycles. The van der Waals surface area contributed by atoms with Crippen molar-refractivity contribution in [1.82, 2.24) is 0 Å². The van der Waals surface area contributed by atoms with Crippen molar-refractivity contribution in [2.24, 2.45) is 35.5 Å². The number of hydrogen-bond donors (Lipinski definition) is 2. The minimum Gasteiger partial charge on any atom is -0.481 e. The highest BCUT2D eigenvalue weighted by molar-refractivity contribution is 5.96. The summed E-state index contributed by atoms with van der Waals surface area (Å²) in [6.07, 6.45) is 5.14. The number of nitrogens with one attached hydrogen (secondary N) is 1. The van der Waals surface area contributed by atoms with Crippen molar-refractivity contribution in [3.05, 3.63) is 66.2 Å². The van der Waals surface area contributed by atoms with E-state index >= 15 is 0 Å². The molecule has 5 nitrogen and oxygen atoms in total. The Bertz CT molecular complexity index is 996. The molecule has 4 aliphatic carbocycles. The molecule has 6 atom stereocenters. The fourth-order valence-electron chi connectivity index (χ4n) is 5.22. The van der Waals surface area contributed by atoms with Gasteiger partial charge < -0.3 is 15.2 Å². The second kappa shape index (κ2) is 6.76. The van der Waals surface area contributed by atoms with Gasteiger partial charge in [0.2, 0.25) is 5.91 Å². The Hall–Kier alpha value is -3.08. The maximum absolute atomic E-state index is 13.0. The first-order valence-corrected chi connectivity index (χ1v) is 10.1. The second-order valence-electron chi connectivity index (χ2n) is 8.43. The van der Waals surface area contributed by atoms with Crippen LogP contribution in [0.3, 0.4) is 0 Å². The van der Waals surface area contributed by atoms with Crippen LogP contribution < -0.4 is 10.1 Å². The standard InChI is InChI=1S/C24H23NO4/c1-13-3-2-4-16(11-13)29-15-7-5-14(6-8-15)25-23(26)21-17-9-10-18(20-12-19(17)20)22(21)24(27)28/h2-11,17-22H,12H2,1H3,(H,25,26)(H,27,28)/t17-,18+,19+,20+,21+,22-/m0/s1. The van der Waals surface area contributed by atoms with Gasteiger partial charge in [0.15, 0.2) is 0 Å².